The van der Waals surface area contributed by atoms with Crippen molar-refractivity contribution in [3.63, 3.8) is 0 Å². The normalized spacial score (nSPS) is 44.8. The van der Waals surface area contributed by atoms with Crippen molar-refractivity contribution in [1.29, 1.82) is 0 Å². The second-order valence-corrected chi connectivity index (χ2v) is 12.2. The molecule has 0 amide bonds. The minimum absolute atomic E-state index is 0.0752. The summed E-state index contributed by atoms with van der Waals surface area (Å²) in [6.07, 6.45) is 6.34. The van der Waals surface area contributed by atoms with Crippen LogP contribution in [0.25, 0.3) is 0 Å². The number of carbonyl (C=O) groups excluding carboxylic acids is 3. The molecule has 0 aromatic rings. The summed E-state index contributed by atoms with van der Waals surface area (Å²) >= 11 is 0. The van der Waals surface area contributed by atoms with Crippen molar-refractivity contribution in [2.75, 3.05) is 0 Å². The maximum absolute atomic E-state index is 13.3. The molecule has 5 rings (SSSR count). The molecule has 0 unspecified atom stereocenters. The van der Waals surface area contributed by atoms with E-state index in [4.69, 9.17) is 9.47 Å². The monoisotopic (exact) mass is 508 g/mol. The van der Waals surface area contributed by atoms with Crippen LogP contribution in [0.5, 0.6) is 0 Å². The Hall–Kier alpha value is -2.77. The highest BCUT2D eigenvalue weighted by Gasteiger charge is 2.61. The summed E-state index contributed by atoms with van der Waals surface area (Å²) in [7, 11) is 0. The third-order valence-electron chi connectivity index (χ3n) is 9.80. The van der Waals surface area contributed by atoms with E-state index in [-0.39, 0.29) is 29.0 Å². The molecule has 1 saturated heterocycles. The molecule has 198 valence electrons. The second kappa shape index (κ2) is 8.37. The number of rotatable bonds is 3. The van der Waals surface area contributed by atoms with Crippen LogP contribution in [0.2, 0.25) is 0 Å². The average molecular weight is 509 g/mol. The summed E-state index contributed by atoms with van der Waals surface area (Å²) in [5.41, 5.74) is -1.36. The van der Waals surface area contributed by atoms with E-state index >= 15 is 0 Å². The second-order valence-electron chi connectivity index (χ2n) is 12.2. The standard InChI is InChI=1S/C30H36O7/c1-15(18-7-10-28(4)11-9-22(31)17(3)20(28)13-18)26(32)36-23-14-21-24(30(23,6)35)25-19(8-12-29(21,5)34)16(2)27(33)37-25/h9,11,14,18-20,23-25,34-35H,1-3,7-8,10,12-13H2,4-6H3/t18-,19+,20+,23+,24+,25-,28+,29+,30+/m1/s1. The van der Waals surface area contributed by atoms with Gasteiger partial charge in [0, 0.05) is 17.1 Å². The number of esters is 2. The Kier molecular flexibility index (Phi) is 5.85. The van der Waals surface area contributed by atoms with Gasteiger partial charge in [0.2, 0.25) is 0 Å². The average Bonchev–Trinajstić information content (AvgIpc) is 3.21. The molecule has 7 heteroatoms. The van der Waals surface area contributed by atoms with Gasteiger partial charge < -0.3 is 19.7 Å². The van der Waals surface area contributed by atoms with Crippen molar-refractivity contribution in [2.45, 2.75) is 76.3 Å². The van der Waals surface area contributed by atoms with Crippen molar-refractivity contribution >= 4 is 17.7 Å². The molecule has 0 aromatic heterocycles. The van der Waals surface area contributed by atoms with Gasteiger partial charge in [-0.05, 0) is 86.5 Å². The highest BCUT2D eigenvalue weighted by atomic mass is 16.6. The van der Waals surface area contributed by atoms with Gasteiger partial charge in [0.15, 0.2) is 5.78 Å². The Labute approximate surface area is 217 Å². The van der Waals surface area contributed by atoms with Crippen LogP contribution in [0.4, 0.5) is 0 Å². The molecule has 9 atom stereocenters. The maximum atomic E-state index is 13.3. The first-order valence-electron chi connectivity index (χ1n) is 13.1. The molecule has 0 radical (unpaired) electrons. The Morgan fingerprint density at radius 2 is 1.81 bits per heavy atom. The summed E-state index contributed by atoms with van der Waals surface area (Å²) < 4.78 is 11.5. The van der Waals surface area contributed by atoms with Crippen molar-refractivity contribution in [1.82, 2.24) is 0 Å². The lowest BCUT2D eigenvalue weighted by atomic mass is 9.58. The van der Waals surface area contributed by atoms with Gasteiger partial charge >= 0.3 is 11.9 Å². The minimum Gasteiger partial charge on any atom is -0.458 e. The molecule has 4 aliphatic carbocycles. The van der Waals surface area contributed by atoms with Crippen LogP contribution in [-0.2, 0) is 23.9 Å². The fraction of sp³-hybridized carbons (Fsp3) is 0.567. The molecule has 2 N–H and O–H groups in total. The largest absolute Gasteiger partial charge is 0.458 e. The molecule has 0 spiro atoms. The summed E-state index contributed by atoms with van der Waals surface area (Å²) in [5.74, 6) is -2.54. The van der Waals surface area contributed by atoms with E-state index in [2.05, 4.69) is 26.7 Å². The first-order valence-corrected chi connectivity index (χ1v) is 13.1. The van der Waals surface area contributed by atoms with E-state index < -0.39 is 41.3 Å². The Morgan fingerprint density at radius 1 is 1.11 bits per heavy atom. The SMILES string of the molecule is C=C(C(=O)O[C@H]1C=C2[C@@H]([C@@H]3OC(=O)C(=C)[C@@H]3CC[C@]2(C)O)[C@@]1(C)O)[C@@H]1CC[C@@]2(C)C=CC(=O)C(=C)[C@@H]2C1. The van der Waals surface area contributed by atoms with E-state index in [0.717, 1.165) is 6.42 Å². The summed E-state index contributed by atoms with van der Waals surface area (Å²) in [6, 6.07) is 0. The zero-order valence-corrected chi connectivity index (χ0v) is 21.8. The quantitative estimate of drug-likeness (QED) is 0.341. The Bertz CT molecular complexity index is 1180. The number of hydrogen-bond donors (Lipinski definition) is 2. The molecule has 2 saturated carbocycles. The lowest BCUT2D eigenvalue weighted by Gasteiger charge is -2.45. The van der Waals surface area contributed by atoms with Gasteiger partial charge in [-0.25, -0.2) is 9.59 Å². The van der Waals surface area contributed by atoms with Gasteiger partial charge in [0.25, 0.3) is 0 Å². The Balaban J connectivity index is 1.36. The third-order valence-corrected chi connectivity index (χ3v) is 9.80. The van der Waals surface area contributed by atoms with E-state index in [0.29, 0.717) is 48.0 Å². The van der Waals surface area contributed by atoms with E-state index in [1.807, 2.05) is 6.08 Å². The molecular weight excluding hydrogens is 472 g/mol. The molecule has 1 heterocycles. The fourth-order valence-corrected chi connectivity index (χ4v) is 7.25. The van der Waals surface area contributed by atoms with Gasteiger partial charge in [-0.3, -0.25) is 4.79 Å². The molecular formula is C30H36O7. The van der Waals surface area contributed by atoms with Gasteiger partial charge in [-0.1, -0.05) is 32.7 Å². The number of allylic oxidation sites excluding steroid dienone is 3. The van der Waals surface area contributed by atoms with Gasteiger partial charge in [-0.2, -0.15) is 0 Å². The fourth-order valence-electron chi connectivity index (χ4n) is 7.25. The van der Waals surface area contributed by atoms with Gasteiger partial charge in [0.05, 0.1) is 11.5 Å². The molecule has 37 heavy (non-hydrogen) atoms. The first kappa shape index (κ1) is 25.9. The van der Waals surface area contributed by atoms with Crippen LogP contribution in [0.1, 0.15) is 52.9 Å². The molecule has 7 nitrogen and oxygen atoms in total. The smallest absolute Gasteiger partial charge is 0.334 e. The number of carbonyl (C=O) groups is 3. The van der Waals surface area contributed by atoms with E-state index in [1.54, 1.807) is 26.0 Å². The molecule has 1 aliphatic heterocycles. The molecule has 0 bridgehead atoms. The highest BCUT2D eigenvalue weighted by Crippen LogP contribution is 2.54. The topological polar surface area (TPSA) is 110 Å². The summed E-state index contributed by atoms with van der Waals surface area (Å²) in [6.45, 7) is 17.2. The van der Waals surface area contributed by atoms with E-state index in [9.17, 15) is 24.6 Å². The van der Waals surface area contributed by atoms with Crippen molar-refractivity contribution in [2.24, 2.45) is 29.1 Å². The van der Waals surface area contributed by atoms with Crippen LogP contribution >= 0.6 is 0 Å². The summed E-state index contributed by atoms with van der Waals surface area (Å²) in [4.78, 5) is 37.8. The van der Waals surface area contributed by atoms with Gasteiger partial charge in [-0.15, -0.1) is 0 Å². The lowest BCUT2D eigenvalue weighted by molar-refractivity contribution is -0.164. The predicted molar refractivity (Wildman–Crippen MR) is 136 cm³/mol. The van der Waals surface area contributed by atoms with Crippen LogP contribution in [-0.4, -0.2) is 51.3 Å². The maximum Gasteiger partial charge on any atom is 0.334 e. The molecule has 5 aliphatic rings. The van der Waals surface area contributed by atoms with Crippen LogP contribution < -0.4 is 0 Å². The van der Waals surface area contributed by atoms with Crippen molar-refractivity contribution < 1.29 is 34.1 Å². The van der Waals surface area contributed by atoms with Crippen LogP contribution in [0.3, 0.4) is 0 Å². The zero-order valence-electron chi connectivity index (χ0n) is 21.8. The number of hydrogen-bond acceptors (Lipinski definition) is 7. The van der Waals surface area contributed by atoms with Crippen molar-refractivity contribution in [3.05, 3.63) is 60.3 Å². The highest BCUT2D eigenvalue weighted by molar-refractivity contribution is 6.05. The number of ether oxygens (including phenoxy) is 2. The zero-order chi connectivity index (χ0) is 27.1. The number of ketones is 1. The lowest BCUT2D eigenvalue weighted by Crippen LogP contribution is -2.50. The summed E-state index contributed by atoms with van der Waals surface area (Å²) in [5, 5.41) is 22.9. The molecule has 0 aromatic carbocycles. The predicted octanol–water partition coefficient (Wildman–Crippen LogP) is 3.52. The number of aliphatic hydroxyl groups is 2. The minimum atomic E-state index is -1.62. The van der Waals surface area contributed by atoms with Gasteiger partial charge in [0.1, 0.15) is 17.8 Å². The van der Waals surface area contributed by atoms with Crippen LogP contribution in [0.15, 0.2) is 60.3 Å². The number of fused-ring (bicyclic) bond motifs is 4. The van der Waals surface area contributed by atoms with Crippen LogP contribution in [0, 0.1) is 29.1 Å². The Morgan fingerprint density at radius 3 is 2.51 bits per heavy atom. The van der Waals surface area contributed by atoms with Crippen molar-refractivity contribution in [3.8, 4) is 0 Å². The molecule has 3 fully saturated rings. The third kappa shape index (κ3) is 3.89. The first-order chi connectivity index (χ1) is 17.2. The van der Waals surface area contributed by atoms with E-state index in [1.165, 1.54) is 0 Å².